The fourth-order valence-corrected chi connectivity index (χ4v) is 2.39. The monoisotopic (exact) mass is 258 g/mol. The van der Waals surface area contributed by atoms with Gasteiger partial charge < -0.3 is 4.42 Å². The number of unbranched alkanes of at least 4 members (excludes halogenated alkanes) is 5. The van der Waals surface area contributed by atoms with Gasteiger partial charge in [0.05, 0.1) is 5.39 Å². The minimum atomic E-state index is -0.209. The molecule has 0 saturated carbocycles. The Hall–Kier alpha value is -1.57. The van der Waals surface area contributed by atoms with E-state index in [-0.39, 0.29) is 5.63 Å². The second-order valence-corrected chi connectivity index (χ2v) is 5.11. The summed E-state index contributed by atoms with van der Waals surface area (Å²) in [6, 6.07) is 9.61. The predicted octanol–water partition coefficient (Wildman–Crippen LogP) is 4.70. The molecule has 102 valence electrons. The molecule has 0 radical (unpaired) electrons. The van der Waals surface area contributed by atoms with Gasteiger partial charge in [0.2, 0.25) is 0 Å². The predicted molar refractivity (Wildman–Crippen MR) is 79.6 cm³/mol. The van der Waals surface area contributed by atoms with Gasteiger partial charge >= 0.3 is 5.63 Å². The van der Waals surface area contributed by atoms with E-state index in [1.54, 1.807) is 0 Å². The third-order valence-electron chi connectivity index (χ3n) is 3.50. The van der Waals surface area contributed by atoms with Crippen LogP contribution >= 0.6 is 0 Å². The minimum Gasteiger partial charge on any atom is -0.427 e. The Kier molecular flexibility index (Phi) is 5.20. The van der Waals surface area contributed by atoms with E-state index in [1.807, 2.05) is 30.3 Å². The highest BCUT2D eigenvalue weighted by atomic mass is 16.4. The second kappa shape index (κ2) is 7.13. The quantitative estimate of drug-likeness (QED) is 0.674. The van der Waals surface area contributed by atoms with Gasteiger partial charge in [-0.2, -0.15) is 0 Å². The summed E-state index contributed by atoms with van der Waals surface area (Å²) in [5, 5.41) is 1.66. The Balaban J connectivity index is 1.92. The Morgan fingerprint density at radius 2 is 1.74 bits per heavy atom. The van der Waals surface area contributed by atoms with Crippen LogP contribution in [0.5, 0.6) is 0 Å². The van der Waals surface area contributed by atoms with Gasteiger partial charge in [-0.25, -0.2) is 4.79 Å². The van der Waals surface area contributed by atoms with Crippen LogP contribution in [0, 0.1) is 0 Å². The molecule has 2 nitrogen and oxygen atoms in total. The number of fused-ring (bicyclic) bond motifs is 1. The molecule has 1 heterocycles. The van der Waals surface area contributed by atoms with Crippen LogP contribution in [-0.2, 0) is 6.42 Å². The summed E-state index contributed by atoms with van der Waals surface area (Å²) in [5.74, 6) is 0.819. The van der Waals surface area contributed by atoms with E-state index in [2.05, 4.69) is 6.92 Å². The van der Waals surface area contributed by atoms with Gasteiger partial charge in [0.25, 0.3) is 0 Å². The first kappa shape index (κ1) is 13.9. The SMILES string of the molecule is CCCCCCCCc1cc2ccccc2c(=O)o1. The molecule has 0 N–H and O–H groups in total. The molecule has 0 fully saturated rings. The summed E-state index contributed by atoms with van der Waals surface area (Å²) in [6.07, 6.45) is 8.39. The summed E-state index contributed by atoms with van der Waals surface area (Å²) in [7, 11) is 0. The van der Waals surface area contributed by atoms with Gasteiger partial charge in [0.15, 0.2) is 0 Å². The zero-order valence-corrected chi connectivity index (χ0v) is 11.7. The Morgan fingerprint density at radius 1 is 1.00 bits per heavy atom. The van der Waals surface area contributed by atoms with E-state index in [4.69, 9.17) is 4.42 Å². The summed E-state index contributed by atoms with van der Waals surface area (Å²) >= 11 is 0. The zero-order valence-electron chi connectivity index (χ0n) is 11.7. The average Bonchev–Trinajstić information content (AvgIpc) is 2.43. The molecule has 2 heteroatoms. The zero-order chi connectivity index (χ0) is 13.5. The van der Waals surface area contributed by atoms with Crippen molar-refractivity contribution < 1.29 is 4.42 Å². The number of benzene rings is 1. The summed E-state index contributed by atoms with van der Waals surface area (Å²) in [5.41, 5.74) is -0.209. The van der Waals surface area contributed by atoms with E-state index < -0.39 is 0 Å². The van der Waals surface area contributed by atoms with Crippen LogP contribution in [0.1, 0.15) is 51.2 Å². The van der Waals surface area contributed by atoms with Gasteiger partial charge in [-0.1, -0.05) is 57.2 Å². The summed E-state index contributed by atoms with van der Waals surface area (Å²) in [6.45, 7) is 2.23. The van der Waals surface area contributed by atoms with Gasteiger partial charge in [0, 0.05) is 6.42 Å². The van der Waals surface area contributed by atoms with Gasteiger partial charge in [-0.15, -0.1) is 0 Å². The van der Waals surface area contributed by atoms with E-state index in [0.29, 0.717) is 5.39 Å². The van der Waals surface area contributed by atoms with Crippen molar-refractivity contribution in [2.24, 2.45) is 0 Å². The van der Waals surface area contributed by atoms with Gasteiger partial charge in [-0.3, -0.25) is 0 Å². The fourth-order valence-electron chi connectivity index (χ4n) is 2.39. The number of aryl methyl sites for hydroxylation is 1. The summed E-state index contributed by atoms with van der Waals surface area (Å²) < 4.78 is 5.36. The van der Waals surface area contributed by atoms with Crippen molar-refractivity contribution in [1.82, 2.24) is 0 Å². The van der Waals surface area contributed by atoms with E-state index in [0.717, 1.165) is 24.0 Å². The lowest BCUT2D eigenvalue weighted by molar-refractivity contribution is 0.455. The first-order valence-electron chi connectivity index (χ1n) is 7.33. The molecular formula is C17H22O2. The largest absolute Gasteiger partial charge is 0.427 e. The number of hydrogen-bond donors (Lipinski definition) is 0. The number of rotatable bonds is 7. The molecule has 2 aromatic rings. The third kappa shape index (κ3) is 3.95. The van der Waals surface area contributed by atoms with Crippen molar-refractivity contribution in [2.45, 2.75) is 51.9 Å². The smallest absolute Gasteiger partial charge is 0.343 e. The molecule has 19 heavy (non-hydrogen) atoms. The molecule has 0 atom stereocenters. The van der Waals surface area contributed by atoms with Crippen LogP contribution < -0.4 is 5.63 Å². The van der Waals surface area contributed by atoms with Crippen molar-refractivity contribution >= 4 is 10.8 Å². The molecule has 0 amide bonds. The molecule has 0 aliphatic carbocycles. The maximum atomic E-state index is 11.8. The first-order chi connectivity index (χ1) is 9.31. The highest BCUT2D eigenvalue weighted by Crippen LogP contribution is 2.14. The topological polar surface area (TPSA) is 30.2 Å². The molecule has 0 unspecified atom stereocenters. The van der Waals surface area contributed by atoms with E-state index in [9.17, 15) is 4.79 Å². The molecule has 0 spiro atoms. The normalized spacial score (nSPS) is 11.0. The lowest BCUT2D eigenvalue weighted by Gasteiger charge is -2.02. The van der Waals surface area contributed by atoms with Crippen molar-refractivity contribution in [2.75, 3.05) is 0 Å². The molecule has 1 aromatic heterocycles. The lowest BCUT2D eigenvalue weighted by atomic mass is 10.1. The highest BCUT2D eigenvalue weighted by Gasteiger charge is 2.03. The molecule has 2 rings (SSSR count). The van der Waals surface area contributed by atoms with Crippen LogP contribution in [0.2, 0.25) is 0 Å². The molecular weight excluding hydrogens is 236 g/mol. The van der Waals surface area contributed by atoms with Crippen LogP contribution in [-0.4, -0.2) is 0 Å². The maximum absolute atomic E-state index is 11.8. The highest BCUT2D eigenvalue weighted by molar-refractivity contribution is 5.81. The van der Waals surface area contributed by atoms with Crippen LogP contribution in [0.3, 0.4) is 0 Å². The summed E-state index contributed by atoms with van der Waals surface area (Å²) in [4.78, 5) is 11.8. The van der Waals surface area contributed by atoms with Gasteiger partial charge in [-0.05, 0) is 23.9 Å². The first-order valence-corrected chi connectivity index (χ1v) is 7.33. The molecule has 1 aromatic carbocycles. The Bertz CT molecular complexity index is 569. The van der Waals surface area contributed by atoms with Crippen molar-refractivity contribution in [1.29, 1.82) is 0 Å². The van der Waals surface area contributed by atoms with Crippen LogP contribution in [0.4, 0.5) is 0 Å². The standard InChI is InChI=1S/C17H22O2/c1-2-3-4-5-6-7-11-15-13-14-10-8-9-12-16(14)17(18)19-15/h8-10,12-13H,2-7,11H2,1H3. The van der Waals surface area contributed by atoms with Crippen molar-refractivity contribution in [3.63, 3.8) is 0 Å². The third-order valence-corrected chi connectivity index (χ3v) is 3.50. The molecule has 0 saturated heterocycles. The lowest BCUT2D eigenvalue weighted by Crippen LogP contribution is -2.02. The molecule has 0 aliphatic rings. The van der Waals surface area contributed by atoms with E-state index in [1.165, 1.54) is 32.1 Å². The van der Waals surface area contributed by atoms with Crippen LogP contribution in [0.15, 0.2) is 39.5 Å². The maximum Gasteiger partial charge on any atom is 0.343 e. The molecule has 0 bridgehead atoms. The average molecular weight is 258 g/mol. The van der Waals surface area contributed by atoms with E-state index >= 15 is 0 Å². The number of hydrogen-bond acceptors (Lipinski definition) is 2. The Labute approximate surface area is 114 Å². The fraction of sp³-hybridized carbons (Fsp3) is 0.471. The van der Waals surface area contributed by atoms with Crippen LogP contribution in [0.25, 0.3) is 10.8 Å². The molecule has 0 aliphatic heterocycles. The van der Waals surface area contributed by atoms with Crippen molar-refractivity contribution in [3.8, 4) is 0 Å². The van der Waals surface area contributed by atoms with Crippen molar-refractivity contribution in [3.05, 3.63) is 46.5 Å². The Morgan fingerprint density at radius 3 is 2.58 bits per heavy atom. The minimum absolute atomic E-state index is 0.209. The van der Waals surface area contributed by atoms with Gasteiger partial charge in [0.1, 0.15) is 5.76 Å². The second-order valence-electron chi connectivity index (χ2n) is 5.11.